The van der Waals surface area contributed by atoms with Crippen molar-refractivity contribution in [3.8, 4) is 10.4 Å². The van der Waals surface area contributed by atoms with E-state index in [1.54, 1.807) is 23.9 Å². The quantitative estimate of drug-likeness (QED) is 0.338. The molecule has 6 nitrogen and oxygen atoms in total. The molecular weight excluding hydrogens is 426 g/mol. The monoisotopic (exact) mass is 447 g/mol. The number of fused-ring (bicyclic) bond motifs is 1. The van der Waals surface area contributed by atoms with Gasteiger partial charge in [0, 0.05) is 42.6 Å². The maximum Gasteiger partial charge on any atom is 0.233 e. The summed E-state index contributed by atoms with van der Waals surface area (Å²) >= 11 is 3.15. The van der Waals surface area contributed by atoms with Gasteiger partial charge in [0.05, 0.1) is 5.75 Å². The van der Waals surface area contributed by atoms with Gasteiger partial charge in [-0.2, -0.15) is 0 Å². The van der Waals surface area contributed by atoms with E-state index in [0.717, 1.165) is 39.0 Å². The van der Waals surface area contributed by atoms with Crippen LogP contribution in [0.15, 0.2) is 72.1 Å². The number of hydrogen-bond donors (Lipinski definition) is 0. The minimum atomic E-state index is 0.149. The molecular formula is C23H21N5OS2. The lowest BCUT2D eigenvalue weighted by Crippen LogP contribution is -2.49. The van der Waals surface area contributed by atoms with Gasteiger partial charge in [-0.15, -0.1) is 11.3 Å². The van der Waals surface area contributed by atoms with Crippen molar-refractivity contribution in [1.29, 1.82) is 0 Å². The summed E-state index contributed by atoms with van der Waals surface area (Å²) in [6, 6.07) is 18.3. The normalized spacial score (nSPS) is 14.2. The van der Waals surface area contributed by atoms with Crippen LogP contribution in [0.4, 0.5) is 5.82 Å². The van der Waals surface area contributed by atoms with E-state index >= 15 is 0 Å². The minimum Gasteiger partial charge on any atom is -0.353 e. The number of carbonyl (C=O) groups is 1. The molecule has 0 unspecified atom stereocenters. The first-order chi connectivity index (χ1) is 15.3. The van der Waals surface area contributed by atoms with Gasteiger partial charge >= 0.3 is 0 Å². The van der Waals surface area contributed by atoms with Gasteiger partial charge in [-0.25, -0.2) is 15.0 Å². The van der Waals surface area contributed by atoms with E-state index in [2.05, 4.69) is 38.1 Å². The molecule has 0 spiro atoms. The molecule has 0 atom stereocenters. The summed E-state index contributed by atoms with van der Waals surface area (Å²) in [6.45, 7) is 3.03. The zero-order valence-corrected chi connectivity index (χ0v) is 18.5. The molecule has 1 fully saturated rings. The minimum absolute atomic E-state index is 0.149. The molecule has 1 aliphatic heterocycles. The predicted octanol–water partition coefficient (Wildman–Crippen LogP) is 4.19. The predicted molar refractivity (Wildman–Crippen MR) is 127 cm³/mol. The van der Waals surface area contributed by atoms with Crippen molar-refractivity contribution in [2.75, 3.05) is 36.8 Å². The zero-order valence-electron chi connectivity index (χ0n) is 16.8. The number of thiophene rings is 1. The number of piperazine rings is 1. The highest BCUT2D eigenvalue weighted by molar-refractivity contribution is 8.00. The van der Waals surface area contributed by atoms with Crippen molar-refractivity contribution < 1.29 is 4.79 Å². The summed E-state index contributed by atoms with van der Waals surface area (Å²) in [5, 5.41) is 1.88. The second-order valence-corrected chi connectivity index (χ2v) is 9.21. The number of carbonyl (C=O) groups excluding carboxylic acids is 1. The molecule has 1 saturated heterocycles. The number of rotatable bonds is 5. The molecule has 0 aliphatic carbocycles. The molecule has 3 aromatic heterocycles. The SMILES string of the molecule is O=C(CSc1ncnc2sc(-c3ccccc3)cc12)N1CCN(c2ccccn2)CC1. The maximum absolute atomic E-state index is 12.8. The smallest absolute Gasteiger partial charge is 0.233 e. The Morgan fingerprint density at radius 2 is 1.77 bits per heavy atom. The number of nitrogens with zero attached hydrogens (tertiary/aromatic N) is 5. The fourth-order valence-corrected chi connectivity index (χ4v) is 5.59. The van der Waals surface area contributed by atoms with E-state index in [-0.39, 0.29) is 5.91 Å². The van der Waals surface area contributed by atoms with Crippen molar-refractivity contribution in [2.24, 2.45) is 0 Å². The molecule has 1 aromatic carbocycles. The lowest BCUT2D eigenvalue weighted by Gasteiger charge is -2.35. The van der Waals surface area contributed by atoms with Gasteiger partial charge in [-0.1, -0.05) is 48.2 Å². The van der Waals surface area contributed by atoms with Crippen LogP contribution in [0.2, 0.25) is 0 Å². The van der Waals surface area contributed by atoms with Crippen LogP contribution < -0.4 is 4.90 Å². The second kappa shape index (κ2) is 9.03. The Kier molecular flexibility index (Phi) is 5.82. The van der Waals surface area contributed by atoms with Crippen molar-refractivity contribution in [1.82, 2.24) is 19.9 Å². The maximum atomic E-state index is 12.8. The van der Waals surface area contributed by atoms with E-state index in [1.807, 2.05) is 41.3 Å². The van der Waals surface area contributed by atoms with Crippen LogP contribution in [0.3, 0.4) is 0 Å². The van der Waals surface area contributed by atoms with Gasteiger partial charge < -0.3 is 9.80 Å². The fraction of sp³-hybridized carbons (Fsp3) is 0.217. The largest absolute Gasteiger partial charge is 0.353 e. The number of amides is 1. The van der Waals surface area contributed by atoms with Crippen molar-refractivity contribution >= 4 is 45.0 Å². The third-order valence-electron chi connectivity index (χ3n) is 5.29. The molecule has 0 bridgehead atoms. The summed E-state index contributed by atoms with van der Waals surface area (Å²) in [5.74, 6) is 1.50. The van der Waals surface area contributed by atoms with Crippen LogP contribution in [0.1, 0.15) is 0 Å². The molecule has 5 rings (SSSR count). The van der Waals surface area contributed by atoms with E-state index in [0.29, 0.717) is 18.8 Å². The Hall–Kier alpha value is -2.97. The number of benzene rings is 1. The number of anilines is 1. The van der Waals surface area contributed by atoms with Crippen molar-refractivity contribution in [3.63, 3.8) is 0 Å². The Morgan fingerprint density at radius 1 is 0.968 bits per heavy atom. The zero-order chi connectivity index (χ0) is 21.0. The summed E-state index contributed by atoms with van der Waals surface area (Å²) < 4.78 is 0. The first kappa shape index (κ1) is 20.0. The topological polar surface area (TPSA) is 62.2 Å². The standard InChI is InChI=1S/C23H21N5OS2/c29-21(28-12-10-27(11-13-28)20-8-4-5-9-24-20)15-30-22-18-14-19(17-6-2-1-3-7-17)31-23(18)26-16-25-22/h1-9,14,16H,10-13,15H2. The van der Waals surface area contributed by atoms with Gasteiger partial charge in [0.25, 0.3) is 0 Å². The second-order valence-electron chi connectivity index (χ2n) is 7.22. The van der Waals surface area contributed by atoms with Crippen LogP contribution in [0, 0.1) is 0 Å². The summed E-state index contributed by atoms with van der Waals surface area (Å²) in [4.78, 5) is 32.4. The number of pyridine rings is 1. The Bertz CT molecular complexity index is 1170. The van der Waals surface area contributed by atoms with Gasteiger partial charge in [0.1, 0.15) is 22.0 Å². The number of hydrogen-bond acceptors (Lipinski definition) is 7. The molecule has 1 aliphatic rings. The summed E-state index contributed by atoms with van der Waals surface area (Å²) in [7, 11) is 0. The summed E-state index contributed by atoms with van der Waals surface area (Å²) in [5.41, 5.74) is 1.17. The summed E-state index contributed by atoms with van der Waals surface area (Å²) in [6.07, 6.45) is 3.39. The Balaban J connectivity index is 1.23. The lowest BCUT2D eigenvalue weighted by atomic mass is 10.2. The highest BCUT2D eigenvalue weighted by Crippen LogP contribution is 2.36. The molecule has 4 heterocycles. The number of thioether (sulfide) groups is 1. The Morgan fingerprint density at radius 3 is 2.55 bits per heavy atom. The van der Waals surface area contributed by atoms with Crippen LogP contribution in [-0.2, 0) is 4.79 Å². The molecule has 156 valence electrons. The number of aromatic nitrogens is 3. The van der Waals surface area contributed by atoms with Gasteiger partial charge in [0.15, 0.2) is 0 Å². The van der Waals surface area contributed by atoms with E-state index in [9.17, 15) is 4.79 Å². The van der Waals surface area contributed by atoms with Crippen molar-refractivity contribution in [2.45, 2.75) is 5.03 Å². The van der Waals surface area contributed by atoms with Gasteiger partial charge in [-0.3, -0.25) is 4.79 Å². The van der Waals surface area contributed by atoms with Crippen molar-refractivity contribution in [3.05, 3.63) is 67.1 Å². The highest BCUT2D eigenvalue weighted by atomic mass is 32.2. The van der Waals surface area contributed by atoms with E-state index < -0.39 is 0 Å². The van der Waals surface area contributed by atoms with Crippen LogP contribution >= 0.6 is 23.1 Å². The molecule has 8 heteroatoms. The van der Waals surface area contributed by atoms with Crippen LogP contribution in [-0.4, -0.2) is 57.7 Å². The van der Waals surface area contributed by atoms with E-state index in [4.69, 9.17) is 0 Å². The average molecular weight is 448 g/mol. The lowest BCUT2D eigenvalue weighted by molar-refractivity contribution is -0.128. The third kappa shape index (κ3) is 4.40. The molecule has 0 saturated carbocycles. The first-order valence-electron chi connectivity index (χ1n) is 10.1. The Labute approximate surface area is 189 Å². The van der Waals surface area contributed by atoms with Gasteiger partial charge in [-0.05, 0) is 23.8 Å². The highest BCUT2D eigenvalue weighted by Gasteiger charge is 2.22. The van der Waals surface area contributed by atoms with Crippen LogP contribution in [0.5, 0.6) is 0 Å². The molecule has 31 heavy (non-hydrogen) atoms. The third-order valence-corrected chi connectivity index (χ3v) is 7.37. The average Bonchev–Trinajstić information content (AvgIpc) is 3.29. The van der Waals surface area contributed by atoms with E-state index in [1.165, 1.54) is 17.3 Å². The molecule has 1 amide bonds. The fourth-order valence-electron chi connectivity index (χ4n) is 3.64. The molecule has 0 radical (unpaired) electrons. The molecule has 0 N–H and O–H groups in total. The van der Waals surface area contributed by atoms with Gasteiger partial charge in [0.2, 0.25) is 5.91 Å². The first-order valence-corrected chi connectivity index (χ1v) is 11.9. The van der Waals surface area contributed by atoms with Crippen LogP contribution in [0.25, 0.3) is 20.7 Å². The molecule has 4 aromatic rings.